The monoisotopic (exact) mass is 248 g/mol. The maximum absolute atomic E-state index is 12.2. The lowest BCUT2D eigenvalue weighted by atomic mass is 10.3. The molecule has 1 amide bonds. The van der Waals surface area contributed by atoms with Crippen LogP contribution >= 0.6 is 0 Å². The van der Waals surface area contributed by atoms with Crippen LogP contribution < -0.4 is 10.4 Å². The summed E-state index contributed by atoms with van der Waals surface area (Å²) in [7, 11) is 0. The van der Waals surface area contributed by atoms with Gasteiger partial charge >= 0.3 is 12.3 Å². The summed E-state index contributed by atoms with van der Waals surface area (Å²) in [6.07, 6.45) is -5.21. The average molecular weight is 248 g/mol. The van der Waals surface area contributed by atoms with Crippen LogP contribution in [0.5, 0.6) is 0 Å². The van der Waals surface area contributed by atoms with Gasteiger partial charge in [-0.1, -0.05) is 0 Å². The molecule has 6 nitrogen and oxygen atoms in total. The first kappa shape index (κ1) is 11.4. The summed E-state index contributed by atoms with van der Waals surface area (Å²) in [4.78, 5) is 10.9. The van der Waals surface area contributed by atoms with Gasteiger partial charge in [0.05, 0.1) is 6.54 Å². The molecule has 0 unspecified atom stereocenters. The minimum Gasteiger partial charge on any atom is -0.446 e. The maximum Gasteiger partial charge on any atom is 0.435 e. The molecule has 1 N–H and O–H groups in total. The van der Waals surface area contributed by atoms with Gasteiger partial charge in [-0.25, -0.2) is 10.2 Å². The molecule has 1 aromatic rings. The second kappa shape index (κ2) is 4.07. The smallest absolute Gasteiger partial charge is 0.435 e. The third-order valence-corrected chi connectivity index (χ3v) is 1.99. The summed E-state index contributed by atoms with van der Waals surface area (Å²) < 4.78 is 41.2. The molecule has 0 saturated carbocycles. The van der Waals surface area contributed by atoms with Crippen LogP contribution in [0, 0.1) is 0 Å². The molecule has 0 spiro atoms. The highest BCUT2D eigenvalue weighted by Gasteiger charge is 2.33. The molecule has 92 valence electrons. The van der Waals surface area contributed by atoms with Crippen LogP contribution in [0.15, 0.2) is 12.1 Å². The number of carbonyl (C=O) groups is 1. The topological polar surface area (TPSA) is 67.4 Å². The quantitative estimate of drug-likeness (QED) is 0.801. The highest BCUT2D eigenvalue weighted by molar-refractivity contribution is 5.70. The van der Waals surface area contributed by atoms with E-state index in [0.29, 0.717) is 0 Å². The van der Waals surface area contributed by atoms with Gasteiger partial charge in [0.1, 0.15) is 6.61 Å². The van der Waals surface area contributed by atoms with Crippen LogP contribution in [0.25, 0.3) is 0 Å². The maximum atomic E-state index is 12.2. The Morgan fingerprint density at radius 3 is 2.65 bits per heavy atom. The molecule has 1 aliphatic rings. The molecule has 9 heteroatoms. The molecule has 0 bridgehead atoms. The van der Waals surface area contributed by atoms with E-state index in [1.165, 1.54) is 5.01 Å². The zero-order valence-electron chi connectivity index (χ0n) is 8.36. The molecule has 0 radical (unpaired) electrons. The Labute approximate surface area is 93.3 Å². The minimum absolute atomic E-state index is 0.120. The molecule has 1 saturated heterocycles. The number of ether oxygens (including phenoxy) is 1. The molecular weight excluding hydrogens is 241 g/mol. The number of cyclic esters (lactones) is 1. The van der Waals surface area contributed by atoms with Gasteiger partial charge in [-0.15, -0.1) is 10.2 Å². The van der Waals surface area contributed by atoms with Crippen LogP contribution in [0.2, 0.25) is 0 Å². The van der Waals surface area contributed by atoms with E-state index in [0.717, 1.165) is 12.1 Å². The number of hydrogen-bond acceptors (Lipinski definition) is 5. The van der Waals surface area contributed by atoms with E-state index in [4.69, 9.17) is 0 Å². The van der Waals surface area contributed by atoms with E-state index in [-0.39, 0.29) is 19.0 Å². The molecule has 0 atom stereocenters. The highest BCUT2D eigenvalue weighted by atomic mass is 19.4. The predicted octanol–water partition coefficient (Wildman–Crippen LogP) is 0.957. The van der Waals surface area contributed by atoms with Gasteiger partial charge in [0, 0.05) is 0 Å². The van der Waals surface area contributed by atoms with Crippen molar-refractivity contribution in [3.8, 4) is 0 Å². The zero-order chi connectivity index (χ0) is 12.5. The van der Waals surface area contributed by atoms with E-state index in [1.54, 1.807) is 0 Å². The fraction of sp³-hybridized carbons (Fsp3) is 0.375. The first-order valence-corrected chi connectivity index (χ1v) is 4.59. The molecule has 2 rings (SSSR count). The summed E-state index contributed by atoms with van der Waals surface area (Å²) in [5, 5.41) is 7.69. The first-order valence-electron chi connectivity index (χ1n) is 4.59. The molecule has 1 aliphatic heterocycles. The Bertz CT molecular complexity index is 420. The van der Waals surface area contributed by atoms with Crippen LogP contribution in [0.1, 0.15) is 5.69 Å². The molecule has 2 heterocycles. The molecule has 1 aromatic heterocycles. The van der Waals surface area contributed by atoms with Gasteiger partial charge in [-0.3, -0.25) is 5.01 Å². The van der Waals surface area contributed by atoms with E-state index >= 15 is 0 Å². The number of hydrogen-bond donors (Lipinski definition) is 1. The Kier molecular flexibility index (Phi) is 2.74. The van der Waals surface area contributed by atoms with Gasteiger partial charge in [0.2, 0.25) is 0 Å². The number of aromatic nitrogens is 2. The van der Waals surface area contributed by atoms with Gasteiger partial charge in [-0.2, -0.15) is 13.2 Å². The van der Waals surface area contributed by atoms with E-state index in [1.807, 2.05) is 0 Å². The van der Waals surface area contributed by atoms with E-state index in [9.17, 15) is 18.0 Å². The standard InChI is InChI=1S/C8H7F3N4O2/c9-8(10,11)5-1-2-6(13-12-5)15-3-4-17-7(16)14-15/h1-2H,3-4H2,(H,14,16). The third kappa shape index (κ3) is 2.55. The van der Waals surface area contributed by atoms with Crippen molar-refractivity contribution in [3.63, 3.8) is 0 Å². The number of rotatable bonds is 1. The summed E-state index contributed by atoms with van der Waals surface area (Å²) >= 11 is 0. The minimum atomic E-state index is -4.53. The second-order valence-electron chi connectivity index (χ2n) is 3.17. The number of nitrogens with one attached hydrogen (secondary N) is 1. The Morgan fingerprint density at radius 2 is 2.12 bits per heavy atom. The SMILES string of the molecule is O=C1NN(c2ccc(C(F)(F)F)nn2)CCO1. The van der Waals surface area contributed by atoms with Crippen molar-refractivity contribution in [3.05, 3.63) is 17.8 Å². The fourth-order valence-electron chi connectivity index (χ4n) is 1.22. The molecule has 0 aliphatic carbocycles. The van der Waals surface area contributed by atoms with Crippen molar-refractivity contribution < 1.29 is 22.7 Å². The van der Waals surface area contributed by atoms with Crippen LogP contribution in [-0.4, -0.2) is 29.4 Å². The fourth-order valence-corrected chi connectivity index (χ4v) is 1.22. The van der Waals surface area contributed by atoms with Crippen molar-refractivity contribution in [2.75, 3.05) is 18.2 Å². The van der Waals surface area contributed by atoms with Gasteiger partial charge in [0.25, 0.3) is 0 Å². The first-order chi connectivity index (χ1) is 7.97. The summed E-state index contributed by atoms with van der Waals surface area (Å²) in [5.41, 5.74) is 1.20. The highest BCUT2D eigenvalue weighted by Crippen LogP contribution is 2.27. The van der Waals surface area contributed by atoms with Crippen molar-refractivity contribution in [2.24, 2.45) is 0 Å². The normalized spacial score (nSPS) is 16.4. The number of nitrogens with zero attached hydrogens (tertiary/aromatic N) is 3. The van der Waals surface area contributed by atoms with Crippen molar-refractivity contribution in [1.29, 1.82) is 0 Å². The lowest BCUT2D eigenvalue weighted by Crippen LogP contribution is -2.50. The van der Waals surface area contributed by atoms with E-state index in [2.05, 4.69) is 20.4 Å². The van der Waals surface area contributed by atoms with Crippen molar-refractivity contribution in [1.82, 2.24) is 15.6 Å². The zero-order valence-corrected chi connectivity index (χ0v) is 8.36. The van der Waals surface area contributed by atoms with Crippen molar-refractivity contribution >= 4 is 11.9 Å². The van der Waals surface area contributed by atoms with Crippen LogP contribution in [0.3, 0.4) is 0 Å². The van der Waals surface area contributed by atoms with Gasteiger partial charge in [-0.05, 0) is 12.1 Å². The average Bonchev–Trinajstić information content (AvgIpc) is 2.28. The number of halogens is 3. The second-order valence-corrected chi connectivity index (χ2v) is 3.17. The predicted molar refractivity (Wildman–Crippen MR) is 48.9 cm³/mol. The molecule has 17 heavy (non-hydrogen) atoms. The van der Waals surface area contributed by atoms with Crippen LogP contribution in [-0.2, 0) is 10.9 Å². The Hall–Kier alpha value is -2.06. The summed E-state index contributed by atoms with van der Waals surface area (Å²) in [6, 6.07) is 1.92. The lowest BCUT2D eigenvalue weighted by Gasteiger charge is -2.27. The summed E-state index contributed by atoms with van der Waals surface area (Å²) in [5.74, 6) is 0.120. The van der Waals surface area contributed by atoms with Gasteiger partial charge in [0.15, 0.2) is 11.5 Å². The third-order valence-electron chi connectivity index (χ3n) is 1.99. The van der Waals surface area contributed by atoms with E-state index < -0.39 is 18.0 Å². The number of amides is 1. The number of carbonyl (C=O) groups excluding carboxylic acids is 1. The van der Waals surface area contributed by atoms with Crippen LogP contribution in [0.4, 0.5) is 23.8 Å². The number of hydrazine groups is 1. The molecule has 1 fully saturated rings. The number of anilines is 1. The summed E-state index contributed by atoms with van der Waals surface area (Å²) in [6.45, 7) is 0.417. The molecular formula is C8H7F3N4O2. The molecule has 0 aromatic carbocycles. The van der Waals surface area contributed by atoms with Crippen molar-refractivity contribution in [2.45, 2.75) is 6.18 Å². The van der Waals surface area contributed by atoms with Gasteiger partial charge < -0.3 is 4.74 Å². The largest absolute Gasteiger partial charge is 0.446 e. The Balaban J connectivity index is 2.15. The number of alkyl halides is 3. The Morgan fingerprint density at radius 1 is 1.35 bits per heavy atom. The lowest BCUT2D eigenvalue weighted by molar-refractivity contribution is -0.141.